The van der Waals surface area contributed by atoms with E-state index in [9.17, 15) is 4.39 Å². The highest BCUT2D eigenvalue weighted by atomic mass is 19.1. The summed E-state index contributed by atoms with van der Waals surface area (Å²) in [6.07, 6.45) is 6.64. The predicted molar refractivity (Wildman–Crippen MR) is 71.5 cm³/mol. The molecule has 0 radical (unpaired) electrons. The Balaban J connectivity index is 2.21. The maximum absolute atomic E-state index is 13.0. The van der Waals surface area contributed by atoms with E-state index in [0.717, 1.165) is 24.9 Å². The van der Waals surface area contributed by atoms with E-state index in [1.165, 1.54) is 18.9 Å². The van der Waals surface area contributed by atoms with E-state index < -0.39 is 0 Å². The number of halogens is 1. The highest BCUT2D eigenvalue weighted by molar-refractivity contribution is 5.19. The molecular formula is C15H22FN. The molecule has 1 N–H and O–H groups in total. The van der Waals surface area contributed by atoms with Gasteiger partial charge in [0, 0.05) is 6.04 Å². The lowest BCUT2D eigenvalue weighted by Crippen LogP contribution is -2.19. The molecule has 1 aromatic carbocycles. The first-order chi connectivity index (χ1) is 8.24. The van der Waals surface area contributed by atoms with Crippen LogP contribution in [0.2, 0.25) is 0 Å². The number of hydrogen-bond donors (Lipinski definition) is 1. The van der Waals surface area contributed by atoms with E-state index in [1.54, 1.807) is 12.1 Å². The zero-order valence-electron chi connectivity index (χ0n) is 10.6. The van der Waals surface area contributed by atoms with E-state index in [-0.39, 0.29) is 11.9 Å². The highest BCUT2D eigenvalue weighted by Crippen LogP contribution is 2.13. The fourth-order valence-corrected chi connectivity index (χ4v) is 1.80. The number of benzene rings is 1. The fourth-order valence-electron chi connectivity index (χ4n) is 1.80. The van der Waals surface area contributed by atoms with Gasteiger partial charge in [0.25, 0.3) is 0 Å². The average molecular weight is 235 g/mol. The Hall–Kier alpha value is -1.15. The van der Waals surface area contributed by atoms with Crippen LogP contribution >= 0.6 is 0 Å². The highest BCUT2D eigenvalue weighted by Gasteiger charge is 2.04. The predicted octanol–water partition coefficient (Wildman–Crippen LogP) is 4.22. The number of hydrogen-bond acceptors (Lipinski definition) is 1. The van der Waals surface area contributed by atoms with Crippen molar-refractivity contribution in [2.24, 2.45) is 0 Å². The summed E-state index contributed by atoms with van der Waals surface area (Å²) in [5.41, 5.74) is 1.01. The lowest BCUT2D eigenvalue weighted by molar-refractivity contribution is 0.535. The normalized spacial score (nSPS) is 12.4. The Labute approximate surface area is 104 Å². The number of allylic oxidation sites excluding steroid dienone is 1. The van der Waals surface area contributed by atoms with Gasteiger partial charge in [0.1, 0.15) is 5.82 Å². The Bertz CT molecular complexity index is 335. The molecule has 0 heterocycles. The van der Waals surface area contributed by atoms with Crippen LogP contribution in [0.1, 0.15) is 44.2 Å². The van der Waals surface area contributed by atoms with Gasteiger partial charge in [0.2, 0.25) is 0 Å². The topological polar surface area (TPSA) is 12.0 Å². The lowest BCUT2D eigenvalue weighted by Gasteiger charge is -2.14. The molecule has 0 aromatic heterocycles. The molecule has 0 fully saturated rings. The first-order valence-electron chi connectivity index (χ1n) is 6.34. The van der Waals surface area contributed by atoms with Gasteiger partial charge in [-0.1, -0.05) is 24.6 Å². The molecule has 0 spiro atoms. The van der Waals surface area contributed by atoms with Gasteiger partial charge in [-0.05, 0) is 50.4 Å². The molecule has 0 saturated heterocycles. The van der Waals surface area contributed by atoms with Gasteiger partial charge in [0.15, 0.2) is 0 Å². The van der Waals surface area contributed by atoms with Crippen LogP contribution < -0.4 is 5.32 Å². The van der Waals surface area contributed by atoms with Crippen molar-refractivity contribution in [2.45, 2.75) is 38.6 Å². The monoisotopic (exact) mass is 235 g/mol. The molecule has 94 valence electrons. The Morgan fingerprint density at radius 3 is 2.88 bits per heavy atom. The Kier molecular flexibility index (Phi) is 6.56. The molecule has 1 rings (SSSR count). The van der Waals surface area contributed by atoms with Crippen LogP contribution in [0.25, 0.3) is 0 Å². The molecule has 2 heteroatoms. The summed E-state index contributed by atoms with van der Waals surface area (Å²) in [7, 11) is 0. The summed E-state index contributed by atoms with van der Waals surface area (Å²) >= 11 is 0. The van der Waals surface area contributed by atoms with Gasteiger partial charge in [-0.15, -0.1) is 6.58 Å². The summed E-state index contributed by atoms with van der Waals surface area (Å²) in [4.78, 5) is 0. The molecule has 0 aliphatic rings. The smallest absolute Gasteiger partial charge is 0.123 e. The molecule has 0 aliphatic carbocycles. The minimum atomic E-state index is -0.165. The average Bonchev–Trinajstić information content (AvgIpc) is 2.33. The van der Waals surface area contributed by atoms with Crippen LogP contribution in [0.15, 0.2) is 36.9 Å². The fraction of sp³-hybridized carbons (Fsp3) is 0.467. The summed E-state index contributed by atoms with van der Waals surface area (Å²) in [5.74, 6) is -0.165. The first kappa shape index (κ1) is 13.9. The third-order valence-electron chi connectivity index (χ3n) is 2.88. The number of unbranched alkanes of at least 4 members (excludes halogenated alkanes) is 3. The molecule has 0 bridgehead atoms. The van der Waals surface area contributed by atoms with Crippen molar-refractivity contribution in [1.29, 1.82) is 0 Å². The summed E-state index contributed by atoms with van der Waals surface area (Å²) < 4.78 is 13.0. The van der Waals surface area contributed by atoms with Gasteiger partial charge in [0.05, 0.1) is 0 Å². The zero-order chi connectivity index (χ0) is 12.5. The van der Waals surface area contributed by atoms with Crippen LogP contribution in [-0.2, 0) is 0 Å². The molecular weight excluding hydrogens is 213 g/mol. The SMILES string of the molecule is C=CCCCCCN[C@H](C)c1cccc(F)c1. The molecule has 17 heavy (non-hydrogen) atoms. The molecule has 1 atom stereocenters. The third kappa shape index (κ3) is 5.64. The van der Waals surface area contributed by atoms with Gasteiger partial charge in [-0.2, -0.15) is 0 Å². The lowest BCUT2D eigenvalue weighted by atomic mass is 10.1. The van der Waals surface area contributed by atoms with E-state index in [0.29, 0.717) is 0 Å². The Morgan fingerprint density at radius 1 is 1.35 bits per heavy atom. The van der Waals surface area contributed by atoms with Gasteiger partial charge >= 0.3 is 0 Å². The molecule has 0 unspecified atom stereocenters. The van der Waals surface area contributed by atoms with Crippen LogP contribution in [0.5, 0.6) is 0 Å². The summed E-state index contributed by atoms with van der Waals surface area (Å²) in [5, 5.41) is 3.41. The van der Waals surface area contributed by atoms with Crippen molar-refractivity contribution in [3.63, 3.8) is 0 Å². The largest absolute Gasteiger partial charge is 0.310 e. The van der Waals surface area contributed by atoms with E-state index in [4.69, 9.17) is 0 Å². The maximum Gasteiger partial charge on any atom is 0.123 e. The quantitative estimate of drug-likeness (QED) is 0.525. The van der Waals surface area contributed by atoms with Crippen molar-refractivity contribution < 1.29 is 4.39 Å². The van der Waals surface area contributed by atoms with Crippen molar-refractivity contribution >= 4 is 0 Å². The molecule has 1 nitrogen and oxygen atoms in total. The minimum absolute atomic E-state index is 0.165. The van der Waals surface area contributed by atoms with Gasteiger partial charge in [-0.3, -0.25) is 0 Å². The standard InChI is InChI=1S/C15H22FN/c1-3-4-5-6-7-11-17-13(2)14-9-8-10-15(16)12-14/h3,8-10,12-13,17H,1,4-7,11H2,2H3/t13-/m1/s1. The van der Waals surface area contributed by atoms with E-state index in [1.807, 2.05) is 12.1 Å². The number of nitrogens with one attached hydrogen (secondary N) is 1. The van der Waals surface area contributed by atoms with Crippen LogP contribution in [0, 0.1) is 5.82 Å². The van der Waals surface area contributed by atoms with Gasteiger partial charge in [-0.25, -0.2) is 4.39 Å². The maximum atomic E-state index is 13.0. The molecule has 0 amide bonds. The van der Waals surface area contributed by atoms with Crippen molar-refractivity contribution in [1.82, 2.24) is 5.32 Å². The third-order valence-corrected chi connectivity index (χ3v) is 2.88. The second kappa shape index (κ2) is 8.02. The molecule has 1 aromatic rings. The second-order valence-electron chi connectivity index (χ2n) is 4.37. The van der Waals surface area contributed by atoms with Crippen LogP contribution in [0.4, 0.5) is 4.39 Å². The summed E-state index contributed by atoms with van der Waals surface area (Å²) in [6, 6.07) is 7.00. The zero-order valence-corrected chi connectivity index (χ0v) is 10.6. The Morgan fingerprint density at radius 2 is 2.18 bits per heavy atom. The number of rotatable bonds is 8. The van der Waals surface area contributed by atoms with Crippen molar-refractivity contribution in [3.05, 3.63) is 48.3 Å². The van der Waals surface area contributed by atoms with Crippen molar-refractivity contribution in [2.75, 3.05) is 6.54 Å². The molecule has 0 aliphatic heterocycles. The van der Waals surface area contributed by atoms with Crippen LogP contribution in [0.3, 0.4) is 0 Å². The van der Waals surface area contributed by atoms with Crippen molar-refractivity contribution in [3.8, 4) is 0 Å². The van der Waals surface area contributed by atoms with E-state index >= 15 is 0 Å². The van der Waals surface area contributed by atoms with E-state index in [2.05, 4.69) is 18.8 Å². The first-order valence-corrected chi connectivity index (χ1v) is 6.34. The minimum Gasteiger partial charge on any atom is -0.310 e. The second-order valence-corrected chi connectivity index (χ2v) is 4.37. The summed E-state index contributed by atoms with van der Waals surface area (Å²) in [6.45, 7) is 6.75. The van der Waals surface area contributed by atoms with Crippen LogP contribution in [-0.4, -0.2) is 6.54 Å². The molecule has 0 saturated carbocycles. The van der Waals surface area contributed by atoms with Gasteiger partial charge < -0.3 is 5.32 Å².